The van der Waals surface area contributed by atoms with Crippen LogP contribution in [0.5, 0.6) is 0 Å². The molecule has 0 aliphatic rings. The van der Waals surface area contributed by atoms with Gasteiger partial charge in [0.25, 0.3) is 5.91 Å². The minimum absolute atomic E-state index is 0.299. The lowest BCUT2D eigenvalue weighted by atomic mass is 10.2. The van der Waals surface area contributed by atoms with Crippen LogP contribution in [0.25, 0.3) is 11.1 Å². The summed E-state index contributed by atoms with van der Waals surface area (Å²) in [5.74, 6) is -0.656. The minimum Gasteiger partial charge on any atom is -0.452 e. The molecule has 0 unspecified atom stereocenters. The first-order valence-electron chi connectivity index (χ1n) is 6.85. The van der Waals surface area contributed by atoms with Crippen molar-refractivity contribution in [1.29, 1.82) is 0 Å². The fourth-order valence-electron chi connectivity index (χ4n) is 1.98. The van der Waals surface area contributed by atoms with Gasteiger partial charge >= 0.3 is 5.97 Å². The molecule has 116 valence electrons. The van der Waals surface area contributed by atoms with Crippen molar-refractivity contribution in [3.8, 4) is 0 Å². The molecule has 2 aromatic heterocycles. The summed E-state index contributed by atoms with van der Waals surface area (Å²) in [6.07, 6.45) is 2.88. The van der Waals surface area contributed by atoms with Crippen LogP contribution < -0.4 is 5.32 Å². The summed E-state index contributed by atoms with van der Waals surface area (Å²) in [4.78, 5) is 31.7. The topological polar surface area (TPSA) is 94.3 Å². The fourth-order valence-corrected chi connectivity index (χ4v) is 1.98. The molecule has 0 fully saturated rings. The number of aromatic nitrogens is 2. The van der Waals surface area contributed by atoms with Gasteiger partial charge in [-0.15, -0.1) is 0 Å². The van der Waals surface area contributed by atoms with E-state index in [1.54, 1.807) is 30.5 Å². The molecule has 3 rings (SSSR count). The first kappa shape index (κ1) is 14.7. The second-order valence-electron chi connectivity index (χ2n) is 4.88. The summed E-state index contributed by atoms with van der Waals surface area (Å²) in [6, 6.07) is 8.25. The van der Waals surface area contributed by atoms with Crippen LogP contribution in [0, 0.1) is 6.92 Å². The van der Waals surface area contributed by atoms with E-state index >= 15 is 0 Å². The third-order valence-corrected chi connectivity index (χ3v) is 3.08. The van der Waals surface area contributed by atoms with Crippen LogP contribution in [0.1, 0.15) is 15.9 Å². The standard InChI is InChI=1S/C16H13N3O4/c1-10-4-5-17-14(6-10)19-15(20)8-22-16(21)11-2-3-13-12(7-11)18-9-23-13/h2-7,9H,8H2,1H3,(H,17,19,20). The monoisotopic (exact) mass is 311 g/mol. The molecule has 0 aliphatic carbocycles. The van der Waals surface area contributed by atoms with Crippen molar-refractivity contribution in [2.24, 2.45) is 0 Å². The number of anilines is 1. The number of benzene rings is 1. The predicted octanol–water partition coefficient (Wildman–Crippen LogP) is 2.33. The summed E-state index contributed by atoms with van der Waals surface area (Å²) in [6.45, 7) is 1.49. The number of ether oxygens (including phenoxy) is 1. The Hall–Kier alpha value is -3.22. The zero-order valence-corrected chi connectivity index (χ0v) is 12.3. The van der Waals surface area contributed by atoms with Gasteiger partial charge in [0.15, 0.2) is 18.6 Å². The molecule has 1 amide bonds. The highest BCUT2D eigenvalue weighted by Gasteiger charge is 2.12. The molecule has 0 atom stereocenters. The lowest BCUT2D eigenvalue weighted by molar-refractivity contribution is -0.119. The first-order chi connectivity index (χ1) is 11.1. The molecule has 0 bridgehead atoms. The molecule has 0 saturated heterocycles. The number of fused-ring (bicyclic) bond motifs is 1. The Morgan fingerprint density at radius 1 is 1.22 bits per heavy atom. The fraction of sp³-hybridized carbons (Fsp3) is 0.125. The van der Waals surface area contributed by atoms with Gasteiger partial charge in [0.05, 0.1) is 5.56 Å². The summed E-state index contributed by atoms with van der Waals surface area (Å²) in [7, 11) is 0. The molecular weight excluding hydrogens is 298 g/mol. The predicted molar refractivity (Wildman–Crippen MR) is 81.9 cm³/mol. The van der Waals surface area contributed by atoms with E-state index in [-0.39, 0.29) is 0 Å². The van der Waals surface area contributed by atoms with Gasteiger partial charge in [0.2, 0.25) is 0 Å². The van der Waals surface area contributed by atoms with Crippen LogP contribution in [0.15, 0.2) is 47.3 Å². The number of esters is 1. The van der Waals surface area contributed by atoms with E-state index in [9.17, 15) is 9.59 Å². The summed E-state index contributed by atoms with van der Waals surface area (Å²) < 4.78 is 10.1. The molecule has 0 aliphatic heterocycles. The highest BCUT2D eigenvalue weighted by molar-refractivity contribution is 5.96. The Morgan fingerprint density at radius 3 is 2.91 bits per heavy atom. The number of aryl methyl sites for hydroxylation is 1. The molecule has 1 N–H and O–H groups in total. The number of oxazole rings is 1. The largest absolute Gasteiger partial charge is 0.452 e. The molecule has 1 aromatic carbocycles. The summed E-state index contributed by atoms with van der Waals surface area (Å²) >= 11 is 0. The Labute approximate surface area is 131 Å². The van der Waals surface area contributed by atoms with Crippen molar-refractivity contribution in [2.75, 3.05) is 11.9 Å². The SMILES string of the molecule is Cc1ccnc(NC(=O)COC(=O)c2ccc3ocnc3c2)c1. The van der Waals surface area contributed by atoms with Crippen molar-refractivity contribution in [2.45, 2.75) is 6.92 Å². The molecule has 3 aromatic rings. The number of pyridine rings is 1. The van der Waals surface area contributed by atoms with Crippen LogP contribution in [0.2, 0.25) is 0 Å². The molecule has 23 heavy (non-hydrogen) atoms. The van der Waals surface area contributed by atoms with Gasteiger partial charge in [-0.25, -0.2) is 14.8 Å². The van der Waals surface area contributed by atoms with Crippen LogP contribution >= 0.6 is 0 Å². The van der Waals surface area contributed by atoms with E-state index in [0.29, 0.717) is 22.5 Å². The Kier molecular flexibility index (Phi) is 4.01. The average molecular weight is 311 g/mol. The van der Waals surface area contributed by atoms with E-state index in [0.717, 1.165) is 5.56 Å². The third kappa shape index (κ3) is 3.52. The molecule has 0 saturated carbocycles. The van der Waals surface area contributed by atoms with Gasteiger partial charge in [-0.1, -0.05) is 0 Å². The van der Waals surface area contributed by atoms with E-state index in [1.807, 2.05) is 13.0 Å². The minimum atomic E-state index is -0.609. The van der Waals surface area contributed by atoms with Gasteiger partial charge in [0.1, 0.15) is 11.3 Å². The van der Waals surface area contributed by atoms with E-state index < -0.39 is 18.5 Å². The number of rotatable bonds is 4. The van der Waals surface area contributed by atoms with Gasteiger partial charge in [-0.3, -0.25) is 4.79 Å². The van der Waals surface area contributed by atoms with Crippen LogP contribution in [0.3, 0.4) is 0 Å². The van der Waals surface area contributed by atoms with Crippen molar-refractivity contribution in [3.05, 3.63) is 54.0 Å². The maximum atomic E-state index is 11.9. The highest BCUT2D eigenvalue weighted by Crippen LogP contribution is 2.14. The van der Waals surface area contributed by atoms with Crippen molar-refractivity contribution < 1.29 is 18.7 Å². The maximum Gasteiger partial charge on any atom is 0.338 e. The Bertz CT molecular complexity index is 872. The van der Waals surface area contributed by atoms with Crippen LogP contribution in [-0.4, -0.2) is 28.5 Å². The second-order valence-corrected chi connectivity index (χ2v) is 4.88. The average Bonchev–Trinajstić information content (AvgIpc) is 3.00. The normalized spacial score (nSPS) is 10.5. The van der Waals surface area contributed by atoms with E-state index in [4.69, 9.17) is 9.15 Å². The zero-order valence-electron chi connectivity index (χ0n) is 12.3. The van der Waals surface area contributed by atoms with Crippen LogP contribution in [-0.2, 0) is 9.53 Å². The molecular formula is C16H13N3O4. The summed E-state index contributed by atoms with van der Waals surface area (Å²) in [5.41, 5.74) is 2.39. The smallest absolute Gasteiger partial charge is 0.338 e. The van der Waals surface area contributed by atoms with Crippen molar-refractivity contribution in [1.82, 2.24) is 9.97 Å². The number of amides is 1. The summed E-state index contributed by atoms with van der Waals surface area (Å²) in [5, 5.41) is 2.56. The van der Waals surface area contributed by atoms with Crippen molar-refractivity contribution in [3.63, 3.8) is 0 Å². The highest BCUT2D eigenvalue weighted by atomic mass is 16.5. The Morgan fingerprint density at radius 2 is 2.09 bits per heavy atom. The lowest BCUT2D eigenvalue weighted by Crippen LogP contribution is -2.21. The van der Waals surface area contributed by atoms with E-state index in [1.165, 1.54) is 6.39 Å². The number of nitrogens with one attached hydrogen (secondary N) is 1. The number of hydrogen-bond acceptors (Lipinski definition) is 6. The molecule has 2 heterocycles. The second kappa shape index (κ2) is 6.27. The zero-order chi connectivity index (χ0) is 16.2. The third-order valence-electron chi connectivity index (χ3n) is 3.08. The maximum absolute atomic E-state index is 11.9. The van der Waals surface area contributed by atoms with E-state index in [2.05, 4.69) is 15.3 Å². The van der Waals surface area contributed by atoms with Gasteiger partial charge in [0, 0.05) is 6.20 Å². The Balaban J connectivity index is 1.58. The number of nitrogens with zero attached hydrogens (tertiary/aromatic N) is 2. The molecule has 7 heteroatoms. The number of carbonyl (C=O) groups is 2. The van der Waals surface area contributed by atoms with Gasteiger partial charge in [-0.2, -0.15) is 0 Å². The van der Waals surface area contributed by atoms with Crippen LogP contribution in [0.4, 0.5) is 5.82 Å². The molecule has 0 spiro atoms. The number of carbonyl (C=O) groups excluding carboxylic acids is 2. The lowest BCUT2D eigenvalue weighted by Gasteiger charge is -2.06. The van der Waals surface area contributed by atoms with Gasteiger partial charge in [-0.05, 0) is 42.8 Å². The molecule has 0 radical (unpaired) electrons. The first-order valence-corrected chi connectivity index (χ1v) is 6.85. The number of hydrogen-bond donors (Lipinski definition) is 1. The quantitative estimate of drug-likeness (QED) is 0.743. The molecule has 7 nitrogen and oxygen atoms in total. The van der Waals surface area contributed by atoms with Gasteiger partial charge < -0.3 is 14.5 Å². The van der Waals surface area contributed by atoms with Crippen molar-refractivity contribution >= 4 is 28.8 Å².